The number of hydrogen-bond acceptors (Lipinski definition) is 6. The molecule has 0 aromatic carbocycles. The van der Waals surface area contributed by atoms with Gasteiger partial charge in [-0.3, -0.25) is 0 Å². The summed E-state index contributed by atoms with van der Waals surface area (Å²) in [6, 6.07) is 6.51. The molecule has 1 spiro atoms. The molecule has 6 nitrogen and oxygen atoms in total. The predicted molar refractivity (Wildman–Crippen MR) is 88.8 cm³/mol. The molecule has 3 rings (SSSR count). The van der Waals surface area contributed by atoms with Crippen molar-refractivity contribution in [2.24, 2.45) is 16.7 Å². The Hall–Kier alpha value is -2.20. The summed E-state index contributed by atoms with van der Waals surface area (Å²) in [6.07, 6.45) is 2.25. The second kappa shape index (κ2) is 5.71. The zero-order valence-electron chi connectivity index (χ0n) is 14.3. The Morgan fingerprint density at radius 1 is 1.00 bits per heavy atom. The minimum atomic E-state index is -1.55. The number of likely N-dealkylation sites (N-methyl/N-ethyl adjacent to an activating group) is 1. The molecule has 0 bridgehead atoms. The lowest BCUT2D eigenvalue weighted by atomic mass is 9.51. The van der Waals surface area contributed by atoms with E-state index in [1.807, 2.05) is 7.05 Å². The summed E-state index contributed by atoms with van der Waals surface area (Å²) < 4.78 is 0. The molecule has 0 amide bonds. The van der Waals surface area contributed by atoms with Gasteiger partial charge < -0.3 is 15.2 Å². The zero-order chi connectivity index (χ0) is 17.5. The van der Waals surface area contributed by atoms with Crippen molar-refractivity contribution >= 4 is 5.71 Å². The third-order valence-electron chi connectivity index (χ3n) is 6.18. The van der Waals surface area contributed by atoms with E-state index in [1.165, 1.54) is 0 Å². The molecule has 124 valence electrons. The van der Waals surface area contributed by atoms with Crippen molar-refractivity contribution in [3.63, 3.8) is 0 Å². The minimum Gasteiger partial charge on any atom is -0.306 e. The van der Waals surface area contributed by atoms with E-state index in [1.54, 1.807) is 0 Å². The lowest BCUT2D eigenvalue weighted by Crippen LogP contribution is -2.56. The van der Waals surface area contributed by atoms with Crippen LogP contribution in [0.4, 0.5) is 0 Å². The van der Waals surface area contributed by atoms with E-state index >= 15 is 0 Å². The Morgan fingerprint density at radius 3 is 2.17 bits per heavy atom. The Bertz CT molecular complexity index is 706. The lowest BCUT2D eigenvalue weighted by Gasteiger charge is -2.53. The fourth-order valence-corrected chi connectivity index (χ4v) is 4.68. The second-order valence-corrected chi connectivity index (χ2v) is 7.35. The summed E-state index contributed by atoms with van der Waals surface area (Å²) in [5.41, 5.74) is -0.0324. The van der Waals surface area contributed by atoms with E-state index < -0.39 is 11.3 Å². The lowest BCUT2D eigenvalue weighted by molar-refractivity contribution is 0.116. The summed E-state index contributed by atoms with van der Waals surface area (Å²) in [6.45, 7) is 3.22. The molecule has 0 saturated carbocycles. The number of fused-ring (bicyclic) bond motifs is 1. The summed E-state index contributed by atoms with van der Waals surface area (Å²) in [4.78, 5) is 4.44. The summed E-state index contributed by atoms with van der Waals surface area (Å²) in [5.74, 6) is -0.684. The topological polar surface area (TPSA) is 102 Å². The van der Waals surface area contributed by atoms with E-state index in [9.17, 15) is 15.8 Å². The first-order chi connectivity index (χ1) is 11.4. The fourth-order valence-electron chi connectivity index (χ4n) is 4.68. The Balaban J connectivity index is 2.26. The quantitative estimate of drug-likeness (QED) is 0.682. The Labute approximate surface area is 143 Å². The van der Waals surface area contributed by atoms with Crippen LogP contribution in [-0.4, -0.2) is 55.8 Å². The van der Waals surface area contributed by atoms with Crippen LogP contribution >= 0.6 is 0 Å². The van der Waals surface area contributed by atoms with Crippen LogP contribution in [0.1, 0.15) is 19.3 Å². The third-order valence-corrected chi connectivity index (χ3v) is 6.18. The zero-order valence-corrected chi connectivity index (χ0v) is 14.3. The average molecular weight is 322 g/mol. The smallest absolute Gasteiger partial charge is 0.203 e. The molecule has 1 unspecified atom stereocenters. The molecule has 0 aromatic heterocycles. The number of hydrogen-bond donors (Lipinski definition) is 1. The first kappa shape index (κ1) is 16.7. The Kier molecular flexibility index (Phi) is 3.96. The van der Waals surface area contributed by atoms with Gasteiger partial charge in [-0.25, -0.2) is 0 Å². The molecule has 3 aliphatic rings. The average Bonchev–Trinajstić information content (AvgIpc) is 2.59. The van der Waals surface area contributed by atoms with Crippen molar-refractivity contribution in [2.45, 2.75) is 19.3 Å². The maximum absolute atomic E-state index is 9.86. The van der Waals surface area contributed by atoms with Gasteiger partial charge in [0.25, 0.3) is 0 Å². The molecule has 1 fully saturated rings. The van der Waals surface area contributed by atoms with E-state index in [4.69, 9.17) is 5.41 Å². The largest absolute Gasteiger partial charge is 0.306 e. The van der Waals surface area contributed by atoms with Gasteiger partial charge in [0, 0.05) is 18.5 Å². The number of piperidine rings is 1. The molecule has 6 heteroatoms. The highest BCUT2D eigenvalue weighted by Gasteiger charge is 2.59. The standard InChI is InChI=1S/C18H22N6/c1-23-7-4-17(5-8-23)14(9-19)16(22)18(11-20,12-21)13-3-6-24(2)10-15(13)17/h14,22H,3-8,10H2,1-2H3. The van der Waals surface area contributed by atoms with Crippen molar-refractivity contribution in [3.05, 3.63) is 11.1 Å². The van der Waals surface area contributed by atoms with Gasteiger partial charge in [0.2, 0.25) is 5.41 Å². The molecule has 2 aliphatic heterocycles. The first-order valence-corrected chi connectivity index (χ1v) is 8.36. The van der Waals surface area contributed by atoms with Gasteiger partial charge in [-0.05, 0) is 57.6 Å². The molecule has 1 atom stereocenters. The molecule has 1 aliphatic carbocycles. The van der Waals surface area contributed by atoms with Crippen LogP contribution in [0.5, 0.6) is 0 Å². The molecule has 0 radical (unpaired) electrons. The maximum atomic E-state index is 9.86. The van der Waals surface area contributed by atoms with Crippen molar-refractivity contribution in [1.82, 2.24) is 9.80 Å². The molecule has 2 heterocycles. The number of nitrogens with zero attached hydrogens (tertiary/aromatic N) is 5. The number of nitriles is 3. The minimum absolute atomic E-state index is 0.00264. The highest BCUT2D eigenvalue weighted by atomic mass is 15.1. The van der Waals surface area contributed by atoms with Gasteiger partial charge in [-0.15, -0.1) is 0 Å². The van der Waals surface area contributed by atoms with Crippen molar-refractivity contribution < 1.29 is 0 Å². The molecular formula is C18H22N6. The van der Waals surface area contributed by atoms with E-state index in [0.717, 1.165) is 43.6 Å². The number of nitrogens with one attached hydrogen (secondary N) is 1. The number of rotatable bonds is 0. The van der Waals surface area contributed by atoms with Crippen LogP contribution in [0.3, 0.4) is 0 Å². The predicted octanol–water partition coefficient (Wildman–Crippen LogP) is 1.54. The van der Waals surface area contributed by atoms with Crippen LogP contribution in [0, 0.1) is 56.2 Å². The highest BCUT2D eigenvalue weighted by Crippen LogP contribution is 2.56. The van der Waals surface area contributed by atoms with E-state index in [2.05, 4.69) is 35.1 Å². The van der Waals surface area contributed by atoms with Crippen LogP contribution in [0.2, 0.25) is 0 Å². The monoisotopic (exact) mass is 322 g/mol. The highest BCUT2D eigenvalue weighted by molar-refractivity contribution is 6.01. The molecule has 24 heavy (non-hydrogen) atoms. The van der Waals surface area contributed by atoms with E-state index in [-0.39, 0.29) is 11.1 Å². The van der Waals surface area contributed by atoms with Gasteiger partial charge in [0.1, 0.15) is 0 Å². The maximum Gasteiger partial charge on any atom is 0.203 e. The fraction of sp³-hybridized carbons (Fsp3) is 0.667. The van der Waals surface area contributed by atoms with Crippen LogP contribution in [0.15, 0.2) is 11.1 Å². The molecular weight excluding hydrogens is 300 g/mol. The van der Waals surface area contributed by atoms with Gasteiger partial charge in [0.15, 0.2) is 0 Å². The molecule has 0 aromatic rings. The normalized spacial score (nSPS) is 29.5. The van der Waals surface area contributed by atoms with Gasteiger partial charge in [-0.2, -0.15) is 15.8 Å². The van der Waals surface area contributed by atoms with Crippen molar-refractivity contribution in [2.75, 3.05) is 40.3 Å². The van der Waals surface area contributed by atoms with Crippen LogP contribution in [0.25, 0.3) is 0 Å². The van der Waals surface area contributed by atoms with Crippen molar-refractivity contribution in [3.8, 4) is 18.2 Å². The number of likely N-dealkylation sites (tertiary alicyclic amines) is 1. The second-order valence-electron chi connectivity index (χ2n) is 7.35. The third kappa shape index (κ3) is 2.02. The molecule has 1 saturated heterocycles. The van der Waals surface area contributed by atoms with Crippen molar-refractivity contribution in [1.29, 1.82) is 21.2 Å². The van der Waals surface area contributed by atoms with E-state index in [0.29, 0.717) is 13.0 Å². The van der Waals surface area contributed by atoms with Gasteiger partial charge in [0.05, 0.1) is 29.8 Å². The van der Waals surface area contributed by atoms with Gasteiger partial charge in [-0.1, -0.05) is 0 Å². The first-order valence-electron chi connectivity index (χ1n) is 8.36. The Morgan fingerprint density at radius 2 is 1.62 bits per heavy atom. The van der Waals surface area contributed by atoms with Crippen LogP contribution in [-0.2, 0) is 0 Å². The summed E-state index contributed by atoms with van der Waals surface area (Å²) >= 11 is 0. The van der Waals surface area contributed by atoms with Gasteiger partial charge >= 0.3 is 0 Å². The van der Waals surface area contributed by atoms with Crippen LogP contribution < -0.4 is 0 Å². The SMILES string of the molecule is CN1CCC2(CC1)C1=C(CCN(C)C1)C(C#N)(C#N)C(=N)C2C#N. The molecule has 1 N–H and O–H groups in total. The summed E-state index contributed by atoms with van der Waals surface area (Å²) in [7, 11) is 4.10. The summed E-state index contributed by atoms with van der Waals surface area (Å²) in [5, 5.41) is 38.0.